The molecule has 0 spiro atoms. The van der Waals surface area contributed by atoms with E-state index in [0.717, 1.165) is 6.42 Å². The Morgan fingerprint density at radius 1 is 1.47 bits per heavy atom. The van der Waals surface area contributed by atoms with Gasteiger partial charge in [0.05, 0.1) is 13.2 Å². The first-order valence-corrected chi connectivity index (χ1v) is 6.56. The molecule has 1 aliphatic rings. The molecule has 3 nitrogen and oxygen atoms in total. The molecule has 0 atom stereocenters. The van der Waals surface area contributed by atoms with E-state index in [1.807, 2.05) is 0 Å². The van der Waals surface area contributed by atoms with Crippen molar-refractivity contribution in [1.82, 2.24) is 5.06 Å². The SMILES string of the molecule is O=C(CCSc1ccccc1F)N1CCCO1. The highest BCUT2D eigenvalue weighted by Gasteiger charge is 2.18. The van der Waals surface area contributed by atoms with Crippen molar-refractivity contribution in [2.75, 3.05) is 18.9 Å². The normalized spacial score (nSPS) is 15.2. The summed E-state index contributed by atoms with van der Waals surface area (Å²) >= 11 is 1.36. The summed E-state index contributed by atoms with van der Waals surface area (Å²) in [4.78, 5) is 17.3. The van der Waals surface area contributed by atoms with Crippen LogP contribution in [0.3, 0.4) is 0 Å². The van der Waals surface area contributed by atoms with E-state index in [2.05, 4.69) is 0 Å². The molecule has 17 heavy (non-hydrogen) atoms. The van der Waals surface area contributed by atoms with Crippen LogP contribution in [0, 0.1) is 5.82 Å². The molecule has 1 fully saturated rings. The van der Waals surface area contributed by atoms with Gasteiger partial charge in [0.1, 0.15) is 5.82 Å². The van der Waals surface area contributed by atoms with Crippen molar-refractivity contribution in [1.29, 1.82) is 0 Å². The predicted molar refractivity (Wildman–Crippen MR) is 64.0 cm³/mol. The smallest absolute Gasteiger partial charge is 0.246 e. The Labute approximate surface area is 104 Å². The molecule has 1 amide bonds. The van der Waals surface area contributed by atoms with Gasteiger partial charge < -0.3 is 0 Å². The van der Waals surface area contributed by atoms with E-state index in [0.29, 0.717) is 30.2 Å². The van der Waals surface area contributed by atoms with Gasteiger partial charge in [-0.15, -0.1) is 11.8 Å². The zero-order valence-electron chi connectivity index (χ0n) is 9.39. The van der Waals surface area contributed by atoms with Crippen LogP contribution in [0.25, 0.3) is 0 Å². The summed E-state index contributed by atoms with van der Waals surface area (Å²) in [6.45, 7) is 1.29. The number of halogens is 1. The largest absolute Gasteiger partial charge is 0.273 e. The van der Waals surface area contributed by atoms with Gasteiger partial charge in [0.2, 0.25) is 5.91 Å². The number of carbonyl (C=O) groups is 1. The predicted octanol–water partition coefficient (Wildman–Crippen LogP) is 2.47. The monoisotopic (exact) mass is 255 g/mol. The van der Waals surface area contributed by atoms with Crippen LogP contribution in [0.2, 0.25) is 0 Å². The van der Waals surface area contributed by atoms with Crippen molar-refractivity contribution >= 4 is 17.7 Å². The van der Waals surface area contributed by atoms with E-state index in [1.165, 1.54) is 22.9 Å². The van der Waals surface area contributed by atoms with Gasteiger partial charge in [0.25, 0.3) is 0 Å². The molecule has 1 aromatic carbocycles. The topological polar surface area (TPSA) is 29.5 Å². The number of carbonyl (C=O) groups excluding carboxylic acids is 1. The second-order valence-electron chi connectivity index (χ2n) is 3.71. The lowest BCUT2D eigenvalue weighted by molar-refractivity contribution is -0.168. The fourth-order valence-corrected chi connectivity index (χ4v) is 2.46. The molecular weight excluding hydrogens is 241 g/mol. The van der Waals surface area contributed by atoms with Gasteiger partial charge in [-0.1, -0.05) is 12.1 Å². The van der Waals surface area contributed by atoms with Gasteiger partial charge in [-0.3, -0.25) is 9.63 Å². The fourth-order valence-electron chi connectivity index (χ4n) is 1.58. The van der Waals surface area contributed by atoms with Gasteiger partial charge in [0, 0.05) is 17.1 Å². The number of rotatable bonds is 4. The maximum atomic E-state index is 13.3. The third-order valence-electron chi connectivity index (χ3n) is 2.44. The molecule has 0 aliphatic carbocycles. The summed E-state index contributed by atoms with van der Waals surface area (Å²) in [5.74, 6) is 0.313. The van der Waals surface area contributed by atoms with Crippen LogP contribution < -0.4 is 0 Å². The molecule has 1 aromatic rings. The average Bonchev–Trinajstić information content (AvgIpc) is 2.85. The first-order chi connectivity index (χ1) is 8.27. The van der Waals surface area contributed by atoms with Crippen LogP contribution in [0.1, 0.15) is 12.8 Å². The number of benzene rings is 1. The van der Waals surface area contributed by atoms with Gasteiger partial charge in [-0.05, 0) is 18.6 Å². The van der Waals surface area contributed by atoms with Gasteiger partial charge >= 0.3 is 0 Å². The van der Waals surface area contributed by atoms with Crippen LogP contribution in [-0.4, -0.2) is 29.9 Å². The van der Waals surface area contributed by atoms with Gasteiger partial charge in [-0.2, -0.15) is 0 Å². The Hall–Kier alpha value is -1.07. The second-order valence-corrected chi connectivity index (χ2v) is 4.85. The Morgan fingerprint density at radius 2 is 2.29 bits per heavy atom. The Balaban J connectivity index is 1.76. The number of hydrogen-bond donors (Lipinski definition) is 0. The highest BCUT2D eigenvalue weighted by atomic mass is 32.2. The summed E-state index contributed by atoms with van der Waals surface area (Å²) in [7, 11) is 0. The van der Waals surface area contributed by atoms with E-state index >= 15 is 0 Å². The third kappa shape index (κ3) is 3.44. The van der Waals surface area contributed by atoms with E-state index in [9.17, 15) is 9.18 Å². The summed E-state index contributed by atoms with van der Waals surface area (Å²) in [6, 6.07) is 6.59. The lowest BCUT2D eigenvalue weighted by atomic mass is 10.3. The van der Waals surface area contributed by atoms with Crippen molar-refractivity contribution in [3.8, 4) is 0 Å². The average molecular weight is 255 g/mol. The highest BCUT2D eigenvalue weighted by molar-refractivity contribution is 7.99. The maximum absolute atomic E-state index is 13.3. The summed E-state index contributed by atoms with van der Waals surface area (Å²) in [5.41, 5.74) is 0. The standard InChI is InChI=1S/C12H14FNO2S/c13-10-4-1-2-5-11(10)17-9-6-12(15)14-7-3-8-16-14/h1-2,4-5H,3,6-9H2. The van der Waals surface area contributed by atoms with Crippen LogP contribution in [0.4, 0.5) is 4.39 Å². The molecule has 1 aliphatic heterocycles. The minimum atomic E-state index is -0.234. The molecule has 1 heterocycles. The molecule has 0 radical (unpaired) electrons. The number of thioether (sulfide) groups is 1. The first-order valence-electron chi connectivity index (χ1n) is 5.58. The molecule has 0 bridgehead atoms. The Kier molecular flexibility index (Phi) is 4.39. The van der Waals surface area contributed by atoms with Crippen LogP contribution in [-0.2, 0) is 9.63 Å². The number of hydrogen-bond acceptors (Lipinski definition) is 3. The lowest BCUT2D eigenvalue weighted by Crippen LogP contribution is -2.26. The molecule has 0 saturated carbocycles. The zero-order valence-corrected chi connectivity index (χ0v) is 10.2. The van der Waals surface area contributed by atoms with Crippen LogP contribution in [0.5, 0.6) is 0 Å². The van der Waals surface area contributed by atoms with Gasteiger partial charge in [-0.25, -0.2) is 9.45 Å². The Bertz CT molecular complexity index is 394. The van der Waals surface area contributed by atoms with Crippen LogP contribution >= 0.6 is 11.8 Å². The molecule has 92 valence electrons. The van der Waals surface area contributed by atoms with Crippen molar-refractivity contribution in [2.45, 2.75) is 17.7 Å². The first kappa shape index (κ1) is 12.4. The fraction of sp³-hybridized carbons (Fsp3) is 0.417. The second kappa shape index (κ2) is 6.02. The third-order valence-corrected chi connectivity index (χ3v) is 3.49. The minimum Gasteiger partial charge on any atom is -0.273 e. The number of hydroxylamine groups is 2. The van der Waals surface area contributed by atoms with Gasteiger partial charge in [0.15, 0.2) is 0 Å². The molecular formula is C12H14FNO2S. The quantitative estimate of drug-likeness (QED) is 0.774. The van der Waals surface area contributed by atoms with Crippen molar-refractivity contribution < 1.29 is 14.0 Å². The number of amides is 1. The molecule has 1 saturated heterocycles. The van der Waals surface area contributed by atoms with E-state index in [-0.39, 0.29) is 11.7 Å². The number of nitrogens with zero attached hydrogens (tertiary/aromatic N) is 1. The summed E-state index contributed by atoms with van der Waals surface area (Å²) in [6.07, 6.45) is 1.27. The molecule has 0 N–H and O–H groups in total. The van der Waals surface area contributed by atoms with E-state index < -0.39 is 0 Å². The molecule has 2 rings (SSSR count). The summed E-state index contributed by atoms with van der Waals surface area (Å²) < 4.78 is 13.3. The minimum absolute atomic E-state index is 0.0219. The molecule has 5 heteroatoms. The summed E-state index contributed by atoms with van der Waals surface area (Å²) in [5, 5.41) is 1.40. The molecule has 0 unspecified atom stereocenters. The van der Waals surface area contributed by atoms with Crippen molar-refractivity contribution in [3.05, 3.63) is 30.1 Å². The zero-order chi connectivity index (χ0) is 12.1. The van der Waals surface area contributed by atoms with Crippen molar-refractivity contribution in [2.24, 2.45) is 0 Å². The van der Waals surface area contributed by atoms with E-state index in [1.54, 1.807) is 18.2 Å². The highest BCUT2D eigenvalue weighted by Crippen LogP contribution is 2.22. The molecule has 0 aromatic heterocycles. The Morgan fingerprint density at radius 3 is 3.00 bits per heavy atom. The van der Waals surface area contributed by atoms with Crippen LogP contribution in [0.15, 0.2) is 29.2 Å². The lowest BCUT2D eigenvalue weighted by Gasteiger charge is -2.13. The maximum Gasteiger partial charge on any atom is 0.246 e. The van der Waals surface area contributed by atoms with E-state index in [4.69, 9.17) is 4.84 Å². The van der Waals surface area contributed by atoms with Crippen molar-refractivity contribution in [3.63, 3.8) is 0 Å².